The van der Waals surface area contributed by atoms with Crippen LogP contribution in [0.2, 0.25) is 0 Å². The Balaban J connectivity index is 1.59. The monoisotopic (exact) mass is 408 g/mol. The van der Waals surface area contributed by atoms with Gasteiger partial charge in [0.2, 0.25) is 11.8 Å². The van der Waals surface area contributed by atoms with E-state index in [-0.39, 0.29) is 17.6 Å². The molecule has 1 saturated carbocycles. The van der Waals surface area contributed by atoms with Gasteiger partial charge in [-0.3, -0.25) is 9.67 Å². The van der Waals surface area contributed by atoms with Crippen molar-refractivity contribution < 1.29 is 5.11 Å². The number of anilines is 1. The molecule has 0 unspecified atom stereocenters. The van der Waals surface area contributed by atoms with Crippen LogP contribution >= 0.6 is 0 Å². The number of aryl methyl sites for hydroxylation is 2. The van der Waals surface area contributed by atoms with Gasteiger partial charge in [0.05, 0.1) is 24.5 Å². The van der Waals surface area contributed by atoms with Crippen molar-refractivity contribution in [2.45, 2.75) is 32.4 Å². The molecule has 4 aromatic rings. The van der Waals surface area contributed by atoms with E-state index in [0.717, 1.165) is 24.2 Å². The van der Waals surface area contributed by atoms with E-state index in [1.807, 2.05) is 24.7 Å². The summed E-state index contributed by atoms with van der Waals surface area (Å²) in [5.74, 6) is 0.146. The molecule has 4 aromatic heterocycles. The Hall–Kier alpha value is -3.96. The summed E-state index contributed by atoms with van der Waals surface area (Å²) in [6, 6.07) is 2.24. The molecule has 0 amide bonds. The van der Waals surface area contributed by atoms with Crippen molar-refractivity contribution >= 4 is 17.7 Å². The summed E-state index contributed by atoms with van der Waals surface area (Å²) in [5.41, 5.74) is 2.63. The molecule has 0 aliphatic heterocycles. The normalized spacial score (nSPS) is 15.4. The fourth-order valence-corrected chi connectivity index (χ4v) is 3.05. The highest BCUT2D eigenvalue weighted by Gasteiger charge is 2.21. The minimum absolute atomic E-state index is 0.243. The number of hydrogen-bond acceptors (Lipinski definition) is 8. The number of aromatic nitrogens is 8. The lowest BCUT2D eigenvalue weighted by Gasteiger charge is -2.03. The molecule has 1 aliphatic rings. The van der Waals surface area contributed by atoms with Crippen molar-refractivity contribution in [2.24, 2.45) is 12.0 Å². The van der Waals surface area contributed by atoms with E-state index >= 15 is 0 Å². The Morgan fingerprint density at radius 2 is 2.20 bits per heavy atom. The first-order valence-corrected chi connectivity index (χ1v) is 9.52. The lowest BCUT2D eigenvalue weighted by atomic mass is 10.3. The third kappa shape index (κ3) is 3.43. The van der Waals surface area contributed by atoms with Gasteiger partial charge in [-0.25, -0.2) is 9.79 Å². The lowest BCUT2D eigenvalue weighted by Crippen LogP contribution is -2.24. The van der Waals surface area contributed by atoms with Gasteiger partial charge in [-0.1, -0.05) is 0 Å². The summed E-state index contributed by atoms with van der Waals surface area (Å²) >= 11 is 0. The number of rotatable bonds is 5. The molecule has 12 nitrogen and oxygen atoms in total. The predicted octanol–water partition coefficient (Wildman–Crippen LogP) is -0.889. The Morgan fingerprint density at radius 3 is 2.87 bits per heavy atom. The molecule has 0 spiro atoms. The summed E-state index contributed by atoms with van der Waals surface area (Å²) in [7, 11) is 1.89. The molecule has 154 valence electrons. The summed E-state index contributed by atoms with van der Waals surface area (Å²) in [5, 5.41) is 22.4. The van der Waals surface area contributed by atoms with Gasteiger partial charge < -0.3 is 15.4 Å². The average Bonchev–Trinajstić information content (AvgIpc) is 3.21. The van der Waals surface area contributed by atoms with Crippen LogP contribution in [0.1, 0.15) is 29.9 Å². The Bertz CT molecular complexity index is 1400. The number of aromatic amines is 2. The second-order valence-corrected chi connectivity index (χ2v) is 7.28. The first kappa shape index (κ1) is 18.1. The van der Waals surface area contributed by atoms with E-state index in [9.17, 15) is 9.90 Å². The Labute approximate surface area is 169 Å². The lowest BCUT2D eigenvalue weighted by molar-refractivity contribution is 0.454. The first-order valence-electron chi connectivity index (χ1n) is 9.52. The van der Waals surface area contributed by atoms with E-state index in [1.165, 1.54) is 0 Å². The average molecular weight is 408 g/mol. The zero-order valence-corrected chi connectivity index (χ0v) is 16.4. The maximum absolute atomic E-state index is 11.4. The van der Waals surface area contributed by atoms with Crippen LogP contribution in [-0.4, -0.2) is 50.5 Å². The molecular formula is C18H20N10O2. The number of H-pyrrole nitrogens is 2. The van der Waals surface area contributed by atoms with E-state index in [0.29, 0.717) is 29.0 Å². The summed E-state index contributed by atoms with van der Waals surface area (Å²) in [6.07, 6.45) is 5.24. The van der Waals surface area contributed by atoms with Gasteiger partial charge in [0.1, 0.15) is 5.69 Å². The summed E-state index contributed by atoms with van der Waals surface area (Å²) in [6.45, 7) is 2.45. The van der Waals surface area contributed by atoms with Crippen LogP contribution in [0.25, 0.3) is 11.7 Å². The largest absolute Gasteiger partial charge is 0.493 e. The van der Waals surface area contributed by atoms with Crippen LogP contribution < -0.4 is 21.8 Å². The number of nitrogens with zero attached hydrogens (tertiary/aromatic N) is 7. The molecule has 0 bridgehead atoms. The van der Waals surface area contributed by atoms with Crippen LogP contribution in [0.15, 0.2) is 22.1 Å². The zero-order valence-electron chi connectivity index (χ0n) is 16.4. The van der Waals surface area contributed by atoms with Crippen molar-refractivity contribution in [2.75, 3.05) is 5.32 Å². The van der Waals surface area contributed by atoms with Gasteiger partial charge in [0.15, 0.2) is 5.65 Å². The molecule has 0 atom stereocenters. The van der Waals surface area contributed by atoms with E-state index in [2.05, 4.69) is 40.4 Å². The predicted molar refractivity (Wildman–Crippen MR) is 107 cm³/mol. The van der Waals surface area contributed by atoms with Crippen molar-refractivity contribution in [1.29, 1.82) is 0 Å². The molecule has 5 rings (SSSR count). The van der Waals surface area contributed by atoms with Gasteiger partial charge in [0, 0.05) is 18.0 Å². The van der Waals surface area contributed by atoms with Gasteiger partial charge in [-0.05, 0) is 31.9 Å². The van der Waals surface area contributed by atoms with Crippen LogP contribution in [0, 0.1) is 6.92 Å². The topological polar surface area (TPSA) is 154 Å². The van der Waals surface area contributed by atoms with Crippen LogP contribution in [0.3, 0.4) is 0 Å². The summed E-state index contributed by atoms with van der Waals surface area (Å²) in [4.78, 5) is 29.9. The quantitative estimate of drug-likeness (QED) is 0.334. The van der Waals surface area contributed by atoms with Crippen LogP contribution in [0.5, 0.6) is 5.88 Å². The number of fused-ring (bicyclic) bond motifs is 1. The van der Waals surface area contributed by atoms with Crippen molar-refractivity contribution in [3.63, 3.8) is 0 Å². The number of aromatic hydroxyl groups is 1. The maximum Gasteiger partial charge on any atom is 0.326 e. The molecule has 4 heterocycles. The van der Waals surface area contributed by atoms with E-state index in [1.54, 1.807) is 16.8 Å². The number of hydrogen-bond donors (Lipinski definition) is 4. The maximum atomic E-state index is 11.4. The highest BCUT2D eigenvalue weighted by atomic mass is 16.3. The Kier molecular flexibility index (Phi) is 4.12. The van der Waals surface area contributed by atoms with Gasteiger partial charge in [-0.2, -0.15) is 24.7 Å². The molecule has 4 N–H and O–H groups in total. The van der Waals surface area contributed by atoms with Crippen LogP contribution in [0.4, 0.5) is 5.95 Å². The minimum atomic E-state index is -0.498. The summed E-state index contributed by atoms with van der Waals surface area (Å²) < 4.78 is 3.37. The third-order valence-corrected chi connectivity index (χ3v) is 4.85. The van der Waals surface area contributed by atoms with Crippen molar-refractivity contribution in [1.82, 2.24) is 39.3 Å². The van der Waals surface area contributed by atoms with Crippen LogP contribution in [-0.2, 0) is 13.6 Å². The second kappa shape index (κ2) is 6.83. The molecule has 0 aromatic carbocycles. The molecule has 0 saturated heterocycles. The standard InChI is InChI=1S/C18H20N10O2/c1-9-5-12(26-27(9)2)8-19-16-23-14-10(6-13-15(29)24-18(30)22-13)7-20-28(14)17(25-16)21-11-3-4-11/h5-7,11,29H,3-4,8H2,1-2H3,(H,19,21,25)(H2,22,24,30). The molecule has 12 heteroatoms. The second-order valence-electron chi connectivity index (χ2n) is 7.28. The SMILES string of the molecule is Cc1cc(CNc2nc(=NC3CC3)n3ncc(=Cc4[nH]c(=O)[nH]c4O)c3n2)nn1C. The highest BCUT2D eigenvalue weighted by Crippen LogP contribution is 2.22. The fraction of sp³-hybridized carbons (Fsp3) is 0.333. The molecule has 0 radical (unpaired) electrons. The third-order valence-electron chi connectivity index (χ3n) is 4.85. The molecular weight excluding hydrogens is 388 g/mol. The molecule has 1 aliphatic carbocycles. The zero-order chi connectivity index (χ0) is 20.8. The van der Waals surface area contributed by atoms with E-state index in [4.69, 9.17) is 0 Å². The van der Waals surface area contributed by atoms with Gasteiger partial charge >= 0.3 is 5.69 Å². The number of imidazole rings is 1. The van der Waals surface area contributed by atoms with Crippen molar-refractivity contribution in [3.8, 4) is 5.88 Å². The number of nitrogens with one attached hydrogen (secondary N) is 3. The van der Waals surface area contributed by atoms with Gasteiger partial charge in [-0.15, -0.1) is 0 Å². The Morgan fingerprint density at radius 1 is 1.37 bits per heavy atom. The minimum Gasteiger partial charge on any atom is -0.493 e. The molecule has 30 heavy (non-hydrogen) atoms. The van der Waals surface area contributed by atoms with E-state index < -0.39 is 5.69 Å². The first-order chi connectivity index (χ1) is 14.5. The molecule has 1 fully saturated rings. The highest BCUT2D eigenvalue weighted by molar-refractivity contribution is 5.57. The smallest absolute Gasteiger partial charge is 0.326 e. The fourth-order valence-electron chi connectivity index (χ4n) is 3.05. The van der Waals surface area contributed by atoms with Gasteiger partial charge in [0.25, 0.3) is 5.62 Å². The van der Waals surface area contributed by atoms with Crippen molar-refractivity contribution in [3.05, 3.63) is 50.7 Å².